The number of thiophene rings is 1. The molecule has 1 N–H and O–H groups in total. The Balaban J connectivity index is 1.58. The number of ketones is 1. The predicted molar refractivity (Wildman–Crippen MR) is 104 cm³/mol. The lowest BCUT2D eigenvalue weighted by molar-refractivity contribution is -0.117. The van der Waals surface area contributed by atoms with E-state index in [4.69, 9.17) is 4.74 Å². The second-order valence-corrected chi connectivity index (χ2v) is 7.60. The van der Waals surface area contributed by atoms with Gasteiger partial charge in [0.25, 0.3) is 0 Å². The molecule has 0 radical (unpaired) electrons. The number of hydrogen-bond donors (Lipinski definition) is 1. The number of benzene rings is 1. The molecule has 1 saturated heterocycles. The second-order valence-electron chi connectivity index (χ2n) is 6.57. The Morgan fingerprint density at radius 1 is 1.27 bits per heavy atom. The summed E-state index contributed by atoms with van der Waals surface area (Å²) in [5, 5.41) is 4.97. The van der Waals surface area contributed by atoms with E-state index in [1.165, 1.54) is 11.8 Å². The van der Waals surface area contributed by atoms with Gasteiger partial charge >= 0.3 is 0 Å². The van der Waals surface area contributed by atoms with Crippen LogP contribution < -0.4 is 5.32 Å². The first-order valence-corrected chi connectivity index (χ1v) is 9.75. The summed E-state index contributed by atoms with van der Waals surface area (Å²) in [7, 11) is 0. The van der Waals surface area contributed by atoms with Crippen LogP contribution in [0.5, 0.6) is 0 Å². The fourth-order valence-corrected chi connectivity index (χ4v) is 3.82. The van der Waals surface area contributed by atoms with Gasteiger partial charge in [0.1, 0.15) is 0 Å². The smallest absolute Gasteiger partial charge is 0.238 e. The Labute approximate surface area is 158 Å². The molecule has 0 spiro atoms. The van der Waals surface area contributed by atoms with E-state index >= 15 is 0 Å². The summed E-state index contributed by atoms with van der Waals surface area (Å²) in [6.45, 7) is 4.16. The minimum Gasteiger partial charge on any atom is -0.377 e. The van der Waals surface area contributed by atoms with Crippen molar-refractivity contribution < 1.29 is 14.3 Å². The van der Waals surface area contributed by atoms with Crippen LogP contribution in [0.25, 0.3) is 0 Å². The highest BCUT2D eigenvalue weighted by Gasteiger charge is 2.21. The molecule has 1 amide bonds. The van der Waals surface area contributed by atoms with Gasteiger partial charge < -0.3 is 10.1 Å². The van der Waals surface area contributed by atoms with Crippen LogP contribution in [0.3, 0.4) is 0 Å². The van der Waals surface area contributed by atoms with Gasteiger partial charge in [0.15, 0.2) is 5.78 Å². The molecule has 0 aliphatic carbocycles. The quantitative estimate of drug-likeness (QED) is 0.720. The Bertz CT molecular complexity index is 722. The first-order chi connectivity index (χ1) is 12.6. The van der Waals surface area contributed by atoms with Gasteiger partial charge in [0.05, 0.1) is 12.6 Å². The van der Waals surface area contributed by atoms with Crippen molar-refractivity contribution in [3.05, 3.63) is 52.2 Å². The van der Waals surface area contributed by atoms with Gasteiger partial charge in [-0.2, -0.15) is 0 Å². The van der Waals surface area contributed by atoms with Crippen molar-refractivity contribution in [2.24, 2.45) is 0 Å². The molecular weight excluding hydrogens is 348 g/mol. The van der Waals surface area contributed by atoms with Crippen molar-refractivity contribution in [1.82, 2.24) is 4.90 Å². The lowest BCUT2D eigenvalue weighted by atomic mass is 10.1. The number of ether oxygens (including phenoxy) is 1. The molecule has 6 heteroatoms. The zero-order valence-electron chi connectivity index (χ0n) is 14.9. The third-order valence-corrected chi connectivity index (χ3v) is 5.25. The average molecular weight is 372 g/mol. The fourth-order valence-electron chi connectivity index (χ4n) is 3.08. The van der Waals surface area contributed by atoms with E-state index in [0.717, 1.165) is 32.5 Å². The highest BCUT2D eigenvalue weighted by atomic mass is 32.1. The van der Waals surface area contributed by atoms with E-state index in [0.29, 0.717) is 17.8 Å². The van der Waals surface area contributed by atoms with Crippen molar-refractivity contribution in [2.75, 3.05) is 25.0 Å². The predicted octanol–water partition coefficient (Wildman–Crippen LogP) is 3.57. The zero-order chi connectivity index (χ0) is 18.4. The Morgan fingerprint density at radius 2 is 2.08 bits per heavy atom. The van der Waals surface area contributed by atoms with Gasteiger partial charge in [-0.3, -0.25) is 14.5 Å². The minimum absolute atomic E-state index is 0.0153. The molecule has 138 valence electrons. The van der Waals surface area contributed by atoms with E-state index in [1.54, 1.807) is 35.6 Å². The Kier molecular flexibility index (Phi) is 6.55. The van der Waals surface area contributed by atoms with E-state index < -0.39 is 0 Å². The number of hydrogen-bond acceptors (Lipinski definition) is 5. The van der Waals surface area contributed by atoms with Crippen LogP contribution in [0, 0.1) is 0 Å². The van der Waals surface area contributed by atoms with Gasteiger partial charge in [0.2, 0.25) is 5.91 Å². The molecule has 0 unspecified atom stereocenters. The second kappa shape index (κ2) is 9.07. The fraction of sp³-hybridized carbons (Fsp3) is 0.400. The van der Waals surface area contributed by atoms with Crippen LogP contribution >= 0.6 is 11.3 Å². The van der Waals surface area contributed by atoms with Crippen molar-refractivity contribution in [1.29, 1.82) is 0 Å². The SMILES string of the molecule is CC(=O)c1ccc(NC(=O)CN(Cc2cccs2)C[C@@H]2CCCO2)cc1. The number of carbonyl (C=O) groups excluding carboxylic acids is 2. The molecule has 2 heterocycles. The van der Waals surface area contributed by atoms with Gasteiger partial charge in [-0.05, 0) is 55.5 Å². The number of rotatable bonds is 8. The minimum atomic E-state index is -0.0601. The number of anilines is 1. The maximum absolute atomic E-state index is 12.5. The van der Waals surface area contributed by atoms with Crippen LogP contribution in [-0.4, -0.2) is 42.4 Å². The number of nitrogens with one attached hydrogen (secondary N) is 1. The molecule has 1 aliphatic rings. The average Bonchev–Trinajstić information content (AvgIpc) is 3.29. The van der Waals surface area contributed by atoms with Crippen molar-refractivity contribution in [3.63, 3.8) is 0 Å². The van der Waals surface area contributed by atoms with E-state index in [2.05, 4.69) is 21.7 Å². The number of Topliss-reactive ketones (excluding diaryl/α,β-unsaturated/α-hetero) is 1. The Morgan fingerprint density at radius 3 is 2.69 bits per heavy atom. The lowest BCUT2D eigenvalue weighted by Gasteiger charge is -2.24. The first-order valence-electron chi connectivity index (χ1n) is 8.87. The van der Waals surface area contributed by atoms with Crippen LogP contribution in [0.15, 0.2) is 41.8 Å². The van der Waals surface area contributed by atoms with E-state index in [1.807, 2.05) is 6.07 Å². The van der Waals surface area contributed by atoms with E-state index in [9.17, 15) is 9.59 Å². The monoisotopic (exact) mass is 372 g/mol. The molecule has 1 atom stereocenters. The molecule has 1 aromatic heterocycles. The summed E-state index contributed by atoms with van der Waals surface area (Å²) in [5.74, 6) is -0.0447. The molecule has 1 fully saturated rings. The van der Waals surface area contributed by atoms with Gasteiger partial charge in [-0.15, -0.1) is 11.3 Å². The number of carbonyl (C=O) groups is 2. The first kappa shape index (κ1) is 18.8. The highest BCUT2D eigenvalue weighted by Crippen LogP contribution is 2.17. The molecule has 0 saturated carbocycles. The molecule has 0 bridgehead atoms. The van der Waals surface area contributed by atoms with Crippen LogP contribution in [0.2, 0.25) is 0 Å². The molecule has 1 aromatic carbocycles. The summed E-state index contributed by atoms with van der Waals surface area (Å²) in [4.78, 5) is 27.2. The summed E-state index contributed by atoms with van der Waals surface area (Å²) < 4.78 is 5.74. The number of amides is 1. The topological polar surface area (TPSA) is 58.6 Å². The highest BCUT2D eigenvalue weighted by molar-refractivity contribution is 7.09. The molecule has 5 nitrogen and oxygen atoms in total. The summed E-state index contributed by atoms with van der Waals surface area (Å²) in [6.07, 6.45) is 2.35. The lowest BCUT2D eigenvalue weighted by Crippen LogP contribution is -2.37. The maximum Gasteiger partial charge on any atom is 0.238 e. The molecule has 2 aromatic rings. The van der Waals surface area contributed by atoms with Crippen molar-refractivity contribution in [3.8, 4) is 0 Å². The van der Waals surface area contributed by atoms with Crippen molar-refractivity contribution in [2.45, 2.75) is 32.4 Å². The summed E-state index contributed by atoms with van der Waals surface area (Å²) in [5.41, 5.74) is 1.34. The number of nitrogens with zero attached hydrogens (tertiary/aromatic N) is 1. The van der Waals surface area contributed by atoms with Gasteiger partial charge in [0, 0.05) is 35.8 Å². The molecule has 26 heavy (non-hydrogen) atoms. The van der Waals surface area contributed by atoms with E-state index in [-0.39, 0.29) is 17.8 Å². The van der Waals surface area contributed by atoms with Crippen molar-refractivity contribution >= 4 is 28.7 Å². The van der Waals surface area contributed by atoms with Gasteiger partial charge in [-0.25, -0.2) is 0 Å². The van der Waals surface area contributed by atoms with Crippen LogP contribution in [-0.2, 0) is 16.1 Å². The van der Waals surface area contributed by atoms with Gasteiger partial charge in [-0.1, -0.05) is 6.07 Å². The van der Waals surface area contributed by atoms with Crippen LogP contribution in [0.4, 0.5) is 5.69 Å². The Hall–Kier alpha value is -2.02. The molecule has 3 rings (SSSR count). The summed E-state index contributed by atoms with van der Waals surface area (Å²) in [6, 6.07) is 11.1. The normalized spacial score (nSPS) is 16.8. The standard InChI is InChI=1S/C20H24N2O3S/c1-15(23)16-6-8-17(9-7-16)21-20(24)14-22(12-18-4-2-10-25-18)13-19-5-3-11-26-19/h3,5-9,11,18H,2,4,10,12-14H2,1H3,(H,21,24)/t18-/m0/s1. The zero-order valence-corrected chi connectivity index (χ0v) is 15.8. The van der Waals surface area contributed by atoms with Crippen LogP contribution in [0.1, 0.15) is 35.0 Å². The third-order valence-electron chi connectivity index (χ3n) is 4.39. The summed E-state index contributed by atoms with van der Waals surface area (Å²) >= 11 is 1.70. The maximum atomic E-state index is 12.5. The molecule has 1 aliphatic heterocycles. The third kappa shape index (κ3) is 5.49. The largest absolute Gasteiger partial charge is 0.377 e. The molecular formula is C20H24N2O3S.